The van der Waals surface area contributed by atoms with Gasteiger partial charge in [-0.05, 0) is 37.3 Å². The zero-order valence-corrected chi connectivity index (χ0v) is 11.3. The van der Waals surface area contributed by atoms with Gasteiger partial charge >= 0.3 is 0 Å². The van der Waals surface area contributed by atoms with Crippen molar-refractivity contribution in [2.45, 2.75) is 20.0 Å². The van der Waals surface area contributed by atoms with Crippen LogP contribution in [0.2, 0.25) is 0 Å². The lowest BCUT2D eigenvalue weighted by Crippen LogP contribution is -2.34. The number of nitrogens with one attached hydrogen (secondary N) is 2. The third-order valence-electron chi connectivity index (χ3n) is 2.53. The molecule has 0 aliphatic rings. The van der Waals surface area contributed by atoms with Crippen LogP contribution in [0.15, 0.2) is 28.9 Å². The van der Waals surface area contributed by atoms with Gasteiger partial charge in [-0.2, -0.15) is 5.10 Å². The first-order valence-corrected chi connectivity index (χ1v) is 6.09. The van der Waals surface area contributed by atoms with Crippen LogP contribution < -0.4 is 10.6 Å². The molecular formula is C12H16N4OS. The highest BCUT2D eigenvalue weighted by Crippen LogP contribution is 2.01. The lowest BCUT2D eigenvalue weighted by atomic mass is 10.4. The van der Waals surface area contributed by atoms with Crippen LogP contribution in [0.3, 0.4) is 0 Å². The fraction of sp³-hybridized carbons (Fsp3) is 0.333. The predicted molar refractivity (Wildman–Crippen MR) is 72.9 cm³/mol. The summed E-state index contributed by atoms with van der Waals surface area (Å²) in [4.78, 5) is 0. The number of hydrogen-bond acceptors (Lipinski definition) is 3. The molecule has 6 heteroatoms. The fourth-order valence-corrected chi connectivity index (χ4v) is 1.79. The van der Waals surface area contributed by atoms with Crippen LogP contribution in [0.4, 0.5) is 0 Å². The Kier molecular flexibility index (Phi) is 3.99. The third-order valence-corrected chi connectivity index (χ3v) is 2.82. The Morgan fingerprint density at radius 3 is 2.83 bits per heavy atom. The molecule has 2 aromatic rings. The molecule has 0 aliphatic carbocycles. The highest BCUT2D eigenvalue weighted by molar-refractivity contribution is 7.80. The molecule has 0 bridgehead atoms. The highest BCUT2D eigenvalue weighted by atomic mass is 32.1. The lowest BCUT2D eigenvalue weighted by Gasteiger charge is -2.09. The second kappa shape index (κ2) is 5.68. The molecule has 5 nitrogen and oxygen atoms in total. The molecular weight excluding hydrogens is 248 g/mol. The van der Waals surface area contributed by atoms with E-state index in [1.54, 1.807) is 6.26 Å². The van der Waals surface area contributed by atoms with Crippen LogP contribution >= 0.6 is 12.2 Å². The van der Waals surface area contributed by atoms with E-state index in [1.807, 2.05) is 36.9 Å². The van der Waals surface area contributed by atoms with Crippen LogP contribution in [0.5, 0.6) is 0 Å². The summed E-state index contributed by atoms with van der Waals surface area (Å²) in [6, 6.07) is 5.79. The monoisotopic (exact) mass is 264 g/mol. The van der Waals surface area contributed by atoms with Crippen LogP contribution in [0, 0.1) is 6.92 Å². The Balaban J connectivity index is 1.76. The molecule has 2 rings (SSSR count). The topological polar surface area (TPSA) is 55.0 Å². The second-order valence-corrected chi connectivity index (χ2v) is 4.42. The van der Waals surface area contributed by atoms with Gasteiger partial charge in [-0.3, -0.25) is 4.68 Å². The lowest BCUT2D eigenvalue weighted by molar-refractivity contribution is 0.502. The van der Waals surface area contributed by atoms with E-state index >= 15 is 0 Å². The van der Waals surface area contributed by atoms with E-state index in [0.29, 0.717) is 18.2 Å². The third kappa shape index (κ3) is 3.33. The van der Waals surface area contributed by atoms with E-state index in [4.69, 9.17) is 16.6 Å². The number of rotatable bonds is 4. The number of nitrogens with zero attached hydrogens (tertiary/aromatic N) is 2. The molecule has 2 heterocycles. The van der Waals surface area contributed by atoms with Gasteiger partial charge in [-0.25, -0.2) is 0 Å². The molecule has 2 N–H and O–H groups in total. The second-order valence-electron chi connectivity index (χ2n) is 4.02. The minimum atomic E-state index is 0.587. The zero-order chi connectivity index (χ0) is 13.0. The number of aromatic nitrogens is 2. The number of hydrogen-bond donors (Lipinski definition) is 2. The van der Waals surface area contributed by atoms with Crippen molar-refractivity contribution in [2.75, 3.05) is 0 Å². The van der Waals surface area contributed by atoms with Gasteiger partial charge in [-0.15, -0.1) is 0 Å². The van der Waals surface area contributed by atoms with Crippen LogP contribution in [-0.2, 0) is 20.1 Å². The van der Waals surface area contributed by atoms with Crippen molar-refractivity contribution in [1.82, 2.24) is 20.4 Å². The van der Waals surface area contributed by atoms with E-state index in [0.717, 1.165) is 17.1 Å². The van der Waals surface area contributed by atoms with Crippen molar-refractivity contribution in [1.29, 1.82) is 0 Å². The van der Waals surface area contributed by atoms with Gasteiger partial charge in [0.15, 0.2) is 5.11 Å². The predicted octanol–water partition coefficient (Wildman–Crippen LogP) is 1.49. The van der Waals surface area contributed by atoms with Gasteiger partial charge in [0.1, 0.15) is 5.76 Å². The minimum Gasteiger partial charge on any atom is -0.467 e. The Bertz CT molecular complexity index is 518. The maximum Gasteiger partial charge on any atom is 0.166 e. The van der Waals surface area contributed by atoms with Crippen LogP contribution in [0.1, 0.15) is 17.1 Å². The van der Waals surface area contributed by atoms with Crippen LogP contribution in [0.25, 0.3) is 0 Å². The molecule has 0 saturated heterocycles. The van der Waals surface area contributed by atoms with Crippen molar-refractivity contribution < 1.29 is 4.42 Å². The molecule has 0 fully saturated rings. The Morgan fingerprint density at radius 1 is 1.44 bits per heavy atom. The quantitative estimate of drug-likeness (QED) is 0.819. The summed E-state index contributed by atoms with van der Waals surface area (Å²) < 4.78 is 7.05. The standard InChI is InChI=1S/C12H16N4OS/c1-9-6-10(16(2)15-9)7-13-12(18)14-8-11-4-3-5-17-11/h3-6H,7-8H2,1-2H3,(H2,13,14,18). The average molecular weight is 264 g/mol. The normalized spacial score (nSPS) is 10.3. The van der Waals surface area contributed by atoms with Crippen molar-refractivity contribution in [3.63, 3.8) is 0 Å². The van der Waals surface area contributed by atoms with Gasteiger partial charge in [0.25, 0.3) is 0 Å². The molecule has 0 aliphatic heterocycles. The molecule has 0 atom stereocenters. The first kappa shape index (κ1) is 12.6. The van der Waals surface area contributed by atoms with Crippen molar-refractivity contribution >= 4 is 17.3 Å². The summed E-state index contributed by atoms with van der Waals surface area (Å²) in [5.41, 5.74) is 2.10. The summed E-state index contributed by atoms with van der Waals surface area (Å²) in [7, 11) is 1.92. The van der Waals surface area contributed by atoms with E-state index < -0.39 is 0 Å². The van der Waals surface area contributed by atoms with E-state index in [-0.39, 0.29) is 0 Å². The summed E-state index contributed by atoms with van der Waals surface area (Å²) >= 11 is 5.18. The first-order valence-electron chi connectivity index (χ1n) is 5.69. The SMILES string of the molecule is Cc1cc(CNC(=S)NCc2ccco2)n(C)n1. The molecule has 18 heavy (non-hydrogen) atoms. The molecule has 0 amide bonds. The minimum absolute atomic E-state index is 0.587. The van der Waals surface area contributed by atoms with Gasteiger partial charge in [0.2, 0.25) is 0 Å². The Labute approximate surface area is 111 Å². The summed E-state index contributed by atoms with van der Waals surface area (Å²) in [5, 5.41) is 11.1. The molecule has 2 aromatic heterocycles. The summed E-state index contributed by atoms with van der Waals surface area (Å²) in [5.74, 6) is 0.857. The molecule has 0 spiro atoms. The maximum atomic E-state index is 5.21. The van der Waals surface area contributed by atoms with Gasteiger partial charge in [0.05, 0.1) is 30.7 Å². The molecule has 0 aromatic carbocycles. The largest absolute Gasteiger partial charge is 0.467 e. The average Bonchev–Trinajstić information content (AvgIpc) is 2.94. The van der Waals surface area contributed by atoms with E-state index in [9.17, 15) is 0 Å². The number of thiocarbonyl (C=S) groups is 1. The number of furan rings is 1. The molecule has 0 radical (unpaired) electrons. The maximum absolute atomic E-state index is 5.21. The molecule has 96 valence electrons. The van der Waals surface area contributed by atoms with E-state index in [2.05, 4.69) is 15.7 Å². The van der Waals surface area contributed by atoms with Crippen LogP contribution in [-0.4, -0.2) is 14.9 Å². The number of aryl methyl sites for hydroxylation is 2. The molecule has 0 unspecified atom stereocenters. The van der Waals surface area contributed by atoms with Crippen molar-refractivity contribution in [2.24, 2.45) is 7.05 Å². The summed E-state index contributed by atoms with van der Waals surface area (Å²) in [6.45, 7) is 3.21. The van der Waals surface area contributed by atoms with Gasteiger partial charge < -0.3 is 15.1 Å². The highest BCUT2D eigenvalue weighted by Gasteiger charge is 2.03. The van der Waals surface area contributed by atoms with Crippen molar-refractivity contribution in [3.8, 4) is 0 Å². The Morgan fingerprint density at radius 2 is 2.22 bits per heavy atom. The Hall–Kier alpha value is -1.82. The molecule has 0 saturated carbocycles. The zero-order valence-electron chi connectivity index (χ0n) is 10.4. The van der Waals surface area contributed by atoms with Crippen molar-refractivity contribution in [3.05, 3.63) is 41.6 Å². The van der Waals surface area contributed by atoms with Gasteiger partial charge in [-0.1, -0.05) is 0 Å². The van der Waals surface area contributed by atoms with E-state index in [1.165, 1.54) is 0 Å². The van der Waals surface area contributed by atoms with Gasteiger partial charge in [0, 0.05) is 7.05 Å². The smallest absolute Gasteiger partial charge is 0.166 e. The summed E-state index contributed by atoms with van der Waals surface area (Å²) in [6.07, 6.45) is 1.64. The fourth-order valence-electron chi connectivity index (χ4n) is 1.64. The first-order chi connectivity index (χ1) is 8.65.